The lowest BCUT2D eigenvalue weighted by Crippen LogP contribution is -2.05. The van der Waals surface area contributed by atoms with Crippen LogP contribution in [0.15, 0.2) is 12.1 Å². The molecular formula is C13H18O4. The molecule has 0 heterocycles. The van der Waals surface area contributed by atoms with Crippen molar-refractivity contribution in [3.05, 3.63) is 23.3 Å². The summed E-state index contributed by atoms with van der Waals surface area (Å²) < 4.78 is 10.8. The van der Waals surface area contributed by atoms with Crippen LogP contribution in [-0.2, 0) is 6.42 Å². The monoisotopic (exact) mass is 238 g/mol. The molecule has 0 aliphatic carbocycles. The second-order valence-corrected chi connectivity index (χ2v) is 3.47. The van der Waals surface area contributed by atoms with Crippen LogP contribution in [0.5, 0.6) is 11.5 Å². The first kappa shape index (κ1) is 13.5. The summed E-state index contributed by atoms with van der Waals surface area (Å²) in [5, 5.41) is 8.72. The van der Waals surface area contributed by atoms with E-state index in [1.165, 1.54) is 0 Å². The van der Waals surface area contributed by atoms with Gasteiger partial charge < -0.3 is 14.6 Å². The lowest BCUT2D eigenvalue weighted by atomic mass is 10.1. The van der Waals surface area contributed by atoms with Gasteiger partial charge in [0, 0.05) is 6.07 Å². The van der Waals surface area contributed by atoms with Crippen LogP contribution >= 0.6 is 0 Å². The van der Waals surface area contributed by atoms with Gasteiger partial charge in [-0.3, -0.25) is 4.79 Å². The number of aryl methyl sites for hydroxylation is 1. The zero-order chi connectivity index (χ0) is 12.7. The highest BCUT2D eigenvalue weighted by Crippen LogP contribution is 2.29. The van der Waals surface area contributed by atoms with Gasteiger partial charge in [-0.1, -0.05) is 6.92 Å². The number of carbonyl (C=O) groups excluding carboxylic acids is 1. The van der Waals surface area contributed by atoms with Crippen LogP contribution in [0.25, 0.3) is 0 Å². The molecule has 0 atom stereocenters. The maximum Gasteiger partial charge on any atom is 0.153 e. The largest absolute Gasteiger partial charge is 0.493 e. The zero-order valence-electron chi connectivity index (χ0n) is 10.2. The molecule has 0 aliphatic heterocycles. The molecule has 1 aromatic rings. The van der Waals surface area contributed by atoms with E-state index in [0.717, 1.165) is 24.0 Å². The van der Waals surface area contributed by atoms with Gasteiger partial charge in [-0.2, -0.15) is 0 Å². The summed E-state index contributed by atoms with van der Waals surface area (Å²) in [6.07, 6.45) is 1.54. The Morgan fingerprint density at radius 3 is 2.53 bits per heavy atom. The van der Waals surface area contributed by atoms with Crippen LogP contribution in [0.4, 0.5) is 0 Å². The first-order valence-electron chi connectivity index (χ1n) is 5.75. The third-order valence-corrected chi connectivity index (χ3v) is 2.35. The van der Waals surface area contributed by atoms with E-state index in [2.05, 4.69) is 0 Å². The van der Waals surface area contributed by atoms with Gasteiger partial charge in [0.15, 0.2) is 6.29 Å². The predicted molar refractivity (Wildman–Crippen MR) is 65.0 cm³/mol. The smallest absolute Gasteiger partial charge is 0.153 e. The molecule has 0 amide bonds. The Morgan fingerprint density at radius 2 is 2.00 bits per heavy atom. The van der Waals surface area contributed by atoms with E-state index in [-0.39, 0.29) is 13.2 Å². The SMILES string of the molecule is CCOc1cc(OCCO)c(C=O)cc1CC. The van der Waals surface area contributed by atoms with Gasteiger partial charge in [0.1, 0.15) is 18.1 Å². The highest BCUT2D eigenvalue weighted by molar-refractivity contribution is 5.80. The molecule has 1 N–H and O–H groups in total. The normalized spacial score (nSPS) is 10.1. The molecule has 0 aliphatic rings. The fourth-order valence-corrected chi connectivity index (χ4v) is 1.56. The Balaban J connectivity index is 3.08. The molecule has 0 aromatic heterocycles. The van der Waals surface area contributed by atoms with Crippen LogP contribution < -0.4 is 9.47 Å². The second kappa shape index (κ2) is 6.91. The first-order chi connectivity index (χ1) is 8.26. The Bertz CT molecular complexity index is 374. The van der Waals surface area contributed by atoms with E-state index in [0.29, 0.717) is 17.9 Å². The summed E-state index contributed by atoms with van der Waals surface area (Å²) in [6.45, 7) is 4.55. The molecule has 0 bridgehead atoms. The molecule has 17 heavy (non-hydrogen) atoms. The van der Waals surface area contributed by atoms with Crippen molar-refractivity contribution in [1.29, 1.82) is 0 Å². The minimum atomic E-state index is -0.0855. The van der Waals surface area contributed by atoms with Gasteiger partial charge >= 0.3 is 0 Å². The van der Waals surface area contributed by atoms with Crippen molar-refractivity contribution < 1.29 is 19.4 Å². The number of ether oxygens (including phenoxy) is 2. The molecule has 0 radical (unpaired) electrons. The fourth-order valence-electron chi connectivity index (χ4n) is 1.56. The Morgan fingerprint density at radius 1 is 1.24 bits per heavy atom. The number of hydrogen-bond donors (Lipinski definition) is 1. The van der Waals surface area contributed by atoms with Crippen molar-refractivity contribution in [2.24, 2.45) is 0 Å². The number of aliphatic hydroxyl groups is 1. The van der Waals surface area contributed by atoms with Gasteiger partial charge in [0.2, 0.25) is 0 Å². The average molecular weight is 238 g/mol. The molecule has 0 spiro atoms. The zero-order valence-corrected chi connectivity index (χ0v) is 10.2. The van der Waals surface area contributed by atoms with Crippen LogP contribution in [0, 0.1) is 0 Å². The van der Waals surface area contributed by atoms with Gasteiger partial charge in [-0.15, -0.1) is 0 Å². The van der Waals surface area contributed by atoms with E-state index < -0.39 is 0 Å². The number of aliphatic hydroxyl groups excluding tert-OH is 1. The van der Waals surface area contributed by atoms with Crippen molar-refractivity contribution >= 4 is 6.29 Å². The molecule has 0 fully saturated rings. The third-order valence-electron chi connectivity index (χ3n) is 2.35. The van der Waals surface area contributed by atoms with Crippen molar-refractivity contribution in [2.45, 2.75) is 20.3 Å². The Kier molecular flexibility index (Phi) is 5.49. The lowest BCUT2D eigenvalue weighted by molar-refractivity contribution is 0.111. The summed E-state index contributed by atoms with van der Waals surface area (Å²) in [5.41, 5.74) is 1.46. The Hall–Kier alpha value is -1.55. The van der Waals surface area contributed by atoms with Crippen LogP contribution in [0.3, 0.4) is 0 Å². The van der Waals surface area contributed by atoms with Gasteiger partial charge in [-0.25, -0.2) is 0 Å². The quantitative estimate of drug-likeness (QED) is 0.736. The molecule has 4 heteroatoms. The van der Waals surface area contributed by atoms with E-state index >= 15 is 0 Å². The van der Waals surface area contributed by atoms with Gasteiger partial charge in [-0.05, 0) is 25.0 Å². The summed E-state index contributed by atoms with van der Waals surface area (Å²) in [4.78, 5) is 10.9. The van der Waals surface area contributed by atoms with Crippen molar-refractivity contribution in [2.75, 3.05) is 19.8 Å². The van der Waals surface area contributed by atoms with E-state index in [4.69, 9.17) is 14.6 Å². The van der Waals surface area contributed by atoms with Crippen molar-refractivity contribution in [3.63, 3.8) is 0 Å². The van der Waals surface area contributed by atoms with E-state index in [9.17, 15) is 4.79 Å². The minimum Gasteiger partial charge on any atom is -0.493 e. The highest BCUT2D eigenvalue weighted by Gasteiger charge is 2.10. The molecule has 0 saturated heterocycles. The molecule has 1 aromatic carbocycles. The average Bonchev–Trinajstić information content (AvgIpc) is 2.36. The predicted octanol–water partition coefficient (Wildman–Crippen LogP) is 1.83. The molecular weight excluding hydrogens is 220 g/mol. The summed E-state index contributed by atoms with van der Waals surface area (Å²) >= 11 is 0. The van der Waals surface area contributed by atoms with E-state index in [1.807, 2.05) is 13.8 Å². The molecule has 0 saturated carbocycles. The summed E-state index contributed by atoms with van der Waals surface area (Å²) in [6, 6.07) is 3.48. The number of aldehydes is 1. The third kappa shape index (κ3) is 3.46. The van der Waals surface area contributed by atoms with Crippen molar-refractivity contribution in [3.8, 4) is 11.5 Å². The molecule has 1 rings (SSSR count). The highest BCUT2D eigenvalue weighted by atomic mass is 16.5. The van der Waals surface area contributed by atoms with Crippen molar-refractivity contribution in [1.82, 2.24) is 0 Å². The number of hydrogen-bond acceptors (Lipinski definition) is 4. The minimum absolute atomic E-state index is 0.0855. The lowest BCUT2D eigenvalue weighted by Gasteiger charge is -2.13. The first-order valence-corrected chi connectivity index (χ1v) is 5.75. The van der Waals surface area contributed by atoms with Gasteiger partial charge in [0.05, 0.1) is 18.8 Å². The number of benzene rings is 1. The summed E-state index contributed by atoms with van der Waals surface area (Å²) in [5.74, 6) is 1.18. The molecule has 94 valence electrons. The molecule has 4 nitrogen and oxygen atoms in total. The maximum absolute atomic E-state index is 10.9. The maximum atomic E-state index is 10.9. The van der Waals surface area contributed by atoms with E-state index in [1.54, 1.807) is 12.1 Å². The second-order valence-electron chi connectivity index (χ2n) is 3.47. The summed E-state index contributed by atoms with van der Waals surface area (Å²) in [7, 11) is 0. The number of rotatable bonds is 7. The fraction of sp³-hybridized carbons (Fsp3) is 0.462. The van der Waals surface area contributed by atoms with Crippen LogP contribution in [0.1, 0.15) is 29.8 Å². The molecule has 0 unspecified atom stereocenters. The van der Waals surface area contributed by atoms with Crippen LogP contribution in [0.2, 0.25) is 0 Å². The van der Waals surface area contributed by atoms with Gasteiger partial charge in [0.25, 0.3) is 0 Å². The Labute approximate surface area is 101 Å². The standard InChI is InChI=1S/C13H18O4/c1-3-10-7-11(9-15)13(17-6-5-14)8-12(10)16-4-2/h7-9,14H,3-6H2,1-2H3. The van der Waals surface area contributed by atoms with Crippen LogP contribution in [-0.4, -0.2) is 31.2 Å². The topological polar surface area (TPSA) is 55.8 Å². The number of carbonyl (C=O) groups is 1.